The van der Waals surface area contributed by atoms with Crippen molar-refractivity contribution in [2.75, 3.05) is 23.9 Å². The molecule has 0 N–H and O–H groups in total. The Balaban J connectivity index is 2.15. The number of halogens is 1. The van der Waals surface area contributed by atoms with Crippen molar-refractivity contribution in [1.29, 1.82) is 5.26 Å². The normalized spacial score (nSPS) is 10.0. The minimum Gasteiger partial charge on any atom is -0.354 e. The molecule has 0 bridgehead atoms. The van der Waals surface area contributed by atoms with E-state index in [1.807, 2.05) is 24.2 Å². The number of aromatic nitrogens is 2. The third kappa shape index (κ3) is 3.43. The summed E-state index contributed by atoms with van der Waals surface area (Å²) in [5.41, 5.74) is 0. The molecule has 98 valence electrons. The molecule has 19 heavy (non-hydrogen) atoms. The van der Waals surface area contributed by atoms with E-state index in [-0.39, 0.29) is 0 Å². The molecule has 2 rings (SSSR count). The van der Waals surface area contributed by atoms with Crippen molar-refractivity contribution in [3.05, 3.63) is 33.2 Å². The van der Waals surface area contributed by atoms with Crippen LogP contribution in [0.5, 0.6) is 0 Å². The first-order valence-corrected chi connectivity index (χ1v) is 7.12. The summed E-state index contributed by atoms with van der Waals surface area (Å²) in [5, 5.41) is 8.85. The van der Waals surface area contributed by atoms with Gasteiger partial charge in [0, 0.05) is 25.0 Å². The lowest BCUT2D eigenvalue weighted by molar-refractivity contribution is 0.901. The Morgan fingerprint density at radius 1 is 1.32 bits per heavy atom. The summed E-state index contributed by atoms with van der Waals surface area (Å²) in [6.07, 6.45) is 3.49. The fourth-order valence-electron chi connectivity index (χ4n) is 1.53. The fraction of sp³-hybridized carbons (Fsp3) is 0.250. The minimum absolute atomic E-state index is 0.590. The van der Waals surface area contributed by atoms with Gasteiger partial charge in [-0.1, -0.05) is 0 Å². The van der Waals surface area contributed by atoms with Gasteiger partial charge in [-0.15, -0.1) is 11.3 Å². The SMILES string of the molecule is CN(C#N)c1cc(N(C)Cc2ccc(Br)s2)ncn1. The van der Waals surface area contributed by atoms with Crippen LogP contribution in [0.1, 0.15) is 4.88 Å². The van der Waals surface area contributed by atoms with Gasteiger partial charge in [-0.05, 0) is 28.1 Å². The van der Waals surface area contributed by atoms with E-state index in [0.717, 1.165) is 16.1 Å². The van der Waals surface area contributed by atoms with Gasteiger partial charge in [0.15, 0.2) is 6.19 Å². The Labute approximate surface area is 124 Å². The third-order valence-corrected chi connectivity index (χ3v) is 4.15. The van der Waals surface area contributed by atoms with Crippen LogP contribution in [0.15, 0.2) is 28.3 Å². The van der Waals surface area contributed by atoms with Gasteiger partial charge in [0.1, 0.15) is 18.0 Å². The molecule has 5 nitrogen and oxygen atoms in total. The standard InChI is InChI=1S/C12H12BrN5S/c1-17(6-9-3-4-10(13)19-9)11-5-12(16-8-15-11)18(2)7-14/h3-5,8H,6H2,1-2H3. The first-order valence-electron chi connectivity index (χ1n) is 5.51. The van der Waals surface area contributed by atoms with Crippen LogP contribution < -0.4 is 9.80 Å². The topological polar surface area (TPSA) is 56.1 Å². The van der Waals surface area contributed by atoms with Gasteiger partial charge >= 0.3 is 0 Å². The van der Waals surface area contributed by atoms with Crippen LogP contribution in [-0.2, 0) is 6.54 Å². The van der Waals surface area contributed by atoms with Crippen molar-refractivity contribution in [3.8, 4) is 6.19 Å². The van der Waals surface area contributed by atoms with Crippen LogP contribution in [0.25, 0.3) is 0 Å². The average molecular weight is 338 g/mol. The molecule has 0 saturated heterocycles. The number of thiophene rings is 1. The van der Waals surface area contributed by atoms with Crippen molar-refractivity contribution in [3.63, 3.8) is 0 Å². The number of rotatable bonds is 4. The summed E-state index contributed by atoms with van der Waals surface area (Å²) in [5.74, 6) is 1.38. The van der Waals surface area contributed by atoms with E-state index in [9.17, 15) is 0 Å². The zero-order chi connectivity index (χ0) is 13.8. The second-order valence-corrected chi connectivity index (χ2v) is 6.50. The molecule has 0 aromatic carbocycles. The van der Waals surface area contributed by atoms with Crippen LogP contribution in [-0.4, -0.2) is 24.1 Å². The highest BCUT2D eigenvalue weighted by Crippen LogP contribution is 2.24. The van der Waals surface area contributed by atoms with Gasteiger partial charge in [0.2, 0.25) is 0 Å². The second kappa shape index (κ2) is 5.99. The molecule has 7 heteroatoms. The minimum atomic E-state index is 0.590. The fourth-order valence-corrected chi connectivity index (χ4v) is 3.07. The number of hydrogen-bond donors (Lipinski definition) is 0. The molecule has 2 aromatic rings. The van der Waals surface area contributed by atoms with Gasteiger partial charge < -0.3 is 4.90 Å². The largest absolute Gasteiger partial charge is 0.354 e. The highest BCUT2D eigenvalue weighted by atomic mass is 79.9. The summed E-state index contributed by atoms with van der Waals surface area (Å²) in [6.45, 7) is 0.767. The van der Waals surface area contributed by atoms with Gasteiger partial charge in [0.05, 0.1) is 10.3 Å². The van der Waals surface area contributed by atoms with Gasteiger partial charge in [-0.2, -0.15) is 5.26 Å². The van der Waals surface area contributed by atoms with E-state index in [4.69, 9.17) is 5.26 Å². The van der Waals surface area contributed by atoms with Crippen molar-refractivity contribution in [1.82, 2.24) is 9.97 Å². The zero-order valence-electron chi connectivity index (χ0n) is 10.5. The quantitative estimate of drug-likeness (QED) is 0.634. The predicted octanol–water partition coefficient (Wildman–Crippen LogP) is 2.85. The molecular weight excluding hydrogens is 326 g/mol. The van der Waals surface area contributed by atoms with E-state index in [0.29, 0.717) is 5.82 Å². The lowest BCUT2D eigenvalue weighted by atomic mass is 10.4. The third-order valence-electron chi connectivity index (χ3n) is 2.54. The smallest absolute Gasteiger partial charge is 0.185 e. The molecule has 0 aliphatic rings. The zero-order valence-corrected chi connectivity index (χ0v) is 12.9. The van der Waals surface area contributed by atoms with Crippen molar-refractivity contribution < 1.29 is 0 Å². The molecule has 0 aliphatic carbocycles. The van der Waals surface area contributed by atoms with E-state index < -0.39 is 0 Å². The van der Waals surface area contributed by atoms with Crippen LogP contribution >= 0.6 is 27.3 Å². The molecule has 0 spiro atoms. The molecule has 0 atom stereocenters. The number of nitrogens with zero attached hydrogens (tertiary/aromatic N) is 5. The summed E-state index contributed by atoms with van der Waals surface area (Å²) in [6, 6.07) is 5.91. The molecule has 0 unspecified atom stereocenters. The van der Waals surface area contributed by atoms with Gasteiger partial charge in [-0.3, -0.25) is 4.90 Å². The van der Waals surface area contributed by atoms with E-state index in [1.165, 1.54) is 16.1 Å². The Bertz CT molecular complexity index is 606. The number of hydrogen-bond acceptors (Lipinski definition) is 6. The van der Waals surface area contributed by atoms with Crippen molar-refractivity contribution >= 4 is 38.9 Å². The highest BCUT2D eigenvalue weighted by Gasteiger charge is 2.08. The Hall–Kier alpha value is -1.65. The number of nitriles is 1. The highest BCUT2D eigenvalue weighted by molar-refractivity contribution is 9.11. The van der Waals surface area contributed by atoms with Crippen LogP contribution in [0.3, 0.4) is 0 Å². The molecule has 0 fully saturated rings. The van der Waals surface area contributed by atoms with E-state index >= 15 is 0 Å². The maximum absolute atomic E-state index is 8.85. The first-order chi connectivity index (χ1) is 9.10. The predicted molar refractivity (Wildman–Crippen MR) is 80.2 cm³/mol. The molecule has 0 radical (unpaired) electrons. The summed E-state index contributed by atoms with van der Waals surface area (Å²) in [7, 11) is 3.63. The molecule has 2 aromatic heterocycles. The van der Waals surface area contributed by atoms with Gasteiger partial charge in [-0.25, -0.2) is 9.97 Å². The van der Waals surface area contributed by atoms with E-state index in [2.05, 4.69) is 32.0 Å². The molecule has 0 aliphatic heterocycles. The van der Waals surface area contributed by atoms with Crippen molar-refractivity contribution in [2.45, 2.75) is 6.54 Å². The molecule has 0 saturated carbocycles. The number of anilines is 2. The first kappa shape index (κ1) is 13.8. The van der Waals surface area contributed by atoms with E-state index in [1.54, 1.807) is 24.5 Å². The van der Waals surface area contributed by atoms with Gasteiger partial charge in [0.25, 0.3) is 0 Å². The molecular formula is C12H12BrN5S. The second-order valence-electron chi connectivity index (χ2n) is 3.96. The summed E-state index contributed by atoms with van der Waals surface area (Å²) in [4.78, 5) is 13.0. The van der Waals surface area contributed by atoms with Crippen LogP contribution in [0, 0.1) is 11.5 Å². The Kier molecular flexibility index (Phi) is 4.35. The summed E-state index contributed by atoms with van der Waals surface area (Å²) >= 11 is 5.14. The Morgan fingerprint density at radius 3 is 2.68 bits per heavy atom. The maximum Gasteiger partial charge on any atom is 0.185 e. The molecule has 0 amide bonds. The van der Waals surface area contributed by atoms with Crippen molar-refractivity contribution in [2.24, 2.45) is 0 Å². The maximum atomic E-state index is 8.85. The summed E-state index contributed by atoms with van der Waals surface area (Å²) < 4.78 is 1.11. The lowest BCUT2D eigenvalue weighted by Crippen LogP contribution is -2.18. The lowest BCUT2D eigenvalue weighted by Gasteiger charge is -2.18. The molecule has 2 heterocycles. The van der Waals surface area contributed by atoms with Crippen LogP contribution in [0.2, 0.25) is 0 Å². The monoisotopic (exact) mass is 337 g/mol. The average Bonchev–Trinajstić information content (AvgIpc) is 2.83. The Morgan fingerprint density at radius 2 is 2.05 bits per heavy atom. The van der Waals surface area contributed by atoms with Crippen LogP contribution in [0.4, 0.5) is 11.6 Å².